The summed E-state index contributed by atoms with van der Waals surface area (Å²) in [4.78, 5) is 0. The van der Waals surface area contributed by atoms with Crippen LogP contribution in [0.3, 0.4) is 0 Å². The fraction of sp³-hybridized carbons (Fsp3) is 0.200. The minimum Gasteiger partial charge on any atom is -0.346 e. The zero-order valence-electron chi connectivity index (χ0n) is 8.00. The predicted octanol–water partition coefficient (Wildman–Crippen LogP) is 1.53. The molecule has 0 amide bonds. The first-order valence-electron chi connectivity index (χ1n) is 4.55. The summed E-state index contributed by atoms with van der Waals surface area (Å²) in [6.07, 6.45) is 1.82. The number of para-hydroxylation sites is 1. The third kappa shape index (κ3) is 2.37. The van der Waals surface area contributed by atoms with Crippen LogP contribution in [0, 0.1) is 0 Å². The third-order valence-corrected chi connectivity index (χ3v) is 2.97. The third-order valence-electron chi connectivity index (χ3n) is 2.27. The van der Waals surface area contributed by atoms with E-state index < -0.39 is 10.1 Å². The molecular weight excluding hydrogens is 214 g/mol. The van der Waals surface area contributed by atoms with Crippen molar-refractivity contribution in [3.05, 3.63) is 36.5 Å². The molecule has 0 aliphatic rings. The summed E-state index contributed by atoms with van der Waals surface area (Å²) >= 11 is 0. The maximum Gasteiger partial charge on any atom is 0.266 e. The van der Waals surface area contributed by atoms with Gasteiger partial charge in [0.2, 0.25) is 0 Å². The lowest BCUT2D eigenvalue weighted by molar-refractivity contribution is 0.479. The van der Waals surface area contributed by atoms with E-state index in [0.717, 1.165) is 10.9 Å². The van der Waals surface area contributed by atoms with Crippen LogP contribution >= 0.6 is 0 Å². The Hall–Kier alpha value is -1.33. The molecule has 0 saturated heterocycles. The first-order chi connectivity index (χ1) is 7.06. The second-order valence-corrected chi connectivity index (χ2v) is 4.93. The van der Waals surface area contributed by atoms with Gasteiger partial charge in [-0.25, -0.2) is 0 Å². The van der Waals surface area contributed by atoms with E-state index in [0.29, 0.717) is 0 Å². The summed E-state index contributed by atoms with van der Waals surface area (Å²) in [5.41, 5.74) is 0.973. The number of nitrogens with zero attached hydrogens (tertiary/aromatic N) is 1. The Morgan fingerprint density at radius 2 is 1.93 bits per heavy atom. The van der Waals surface area contributed by atoms with E-state index in [1.54, 1.807) is 0 Å². The Kier molecular flexibility index (Phi) is 2.50. The predicted molar refractivity (Wildman–Crippen MR) is 58.4 cm³/mol. The van der Waals surface area contributed by atoms with Crippen molar-refractivity contribution in [1.82, 2.24) is 4.57 Å². The van der Waals surface area contributed by atoms with Crippen LogP contribution in [-0.4, -0.2) is 23.3 Å². The minimum atomic E-state index is -3.89. The maximum atomic E-state index is 10.6. The van der Waals surface area contributed by atoms with Crippen molar-refractivity contribution in [2.45, 2.75) is 6.54 Å². The van der Waals surface area contributed by atoms with Gasteiger partial charge in [0.25, 0.3) is 10.1 Å². The van der Waals surface area contributed by atoms with Gasteiger partial charge in [0.1, 0.15) is 0 Å². The van der Waals surface area contributed by atoms with Crippen molar-refractivity contribution in [2.24, 2.45) is 0 Å². The van der Waals surface area contributed by atoms with Crippen LogP contribution in [0.25, 0.3) is 10.9 Å². The van der Waals surface area contributed by atoms with E-state index in [4.69, 9.17) is 4.55 Å². The van der Waals surface area contributed by atoms with Crippen molar-refractivity contribution in [2.75, 3.05) is 5.75 Å². The molecule has 5 heteroatoms. The van der Waals surface area contributed by atoms with E-state index in [2.05, 4.69) is 0 Å². The number of aromatic nitrogens is 1. The molecule has 0 atom stereocenters. The molecule has 0 saturated carbocycles. The standard InChI is InChI=1S/C10H11NO3S/c12-15(13,14)8-7-11-6-5-9-3-1-2-4-10(9)11/h1-6H,7-8H2,(H,12,13,14). The summed E-state index contributed by atoms with van der Waals surface area (Å²) in [5.74, 6) is -0.258. The number of hydrogen-bond donors (Lipinski definition) is 1. The molecule has 0 radical (unpaired) electrons. The Morgan fingerprint density at radius 3 is 2.67 bits per heavy atom. The lowest BCUT2D eigenvalue weighted by atomic mass is 10.2. The van der Waals surface area contributed by atoms with Crippen LogP contribution in [0.2, 0.25) is 0 Å². The first kappa shape index (κ1) is 10.2. The van der Waals surface area contributed by atoms with Crippen molar-refractivity contribution < 1.29 is 13.0 Å². The molecule has 0 aliphatic carbocycles. The van der Waals surface area contributed by atoms with E-state index in [-0.39, 0.29) is 12.3 Å². The van der Waals surface area contributed by atoms with Crippen LogP contribution < -0.4 is 0 Å². The highest BCUT2D eigenvalue weighted by Gasteiger charge is 2.06. The van der Waals surface area contributed by atoms with Crippen LogP contribution in [0.1, 0.15) is 0 Å². The van der Waals surface area contributed by atoms with E-state index >= 15 is 0 Å². The van der Waals surface area contributed by atoms with Gasteiger partial charge >= 0.3 is 0 Å². The lowest BCUT2D eigenvalue weighted by Crippen LogP contribution is -2.10. The number of fused-ring (bicyclic) bond motifs is 1. The van der Waals surface area contributed by atoms with Gasteiger partial charge in [0.05, 0.1) is 5.75 Å². The summed E-state index contributed by atoms with van der Waals surface area (Å²) in [6, 6.07) is 9.61. The Labute approximate surface area is 87.9 Å². The highest BCUT2D eigenvalue weighted by atomic mass is 32.2. The molecule has 1 heterocycles. The van der Waals surface area contributed by atoms with Crippen molar-refractivity contribution in [3.63, 3.8) is 0 Å². The molecule has 1 N–H and O–H groups in total. The molecule has 2 rings (SSSR count). The zero-order chi connectivity index (χ0) is 10.9. The van der Waals surface area contributed by atoms with Crippen molar-refractivity contribution in [1.29, 1.82) is 0 Å². The van der Waals surface area contributed by atoms with Gasteiger partial charge in [-0.2, -0.15) is 8.42 Å². The van der Waals surface area contributed by atoms with Crippen molar-refractivity contribution >= 4 is 21.0 Å². The number of aryl methyl sites for hydroxylation is 1. The Bertz CT molecular complexity index is 571. The summed E-state index contributed by atoms with van der Waals surface area (Å²) in [7, 11) is -3.89. The first-order valence-corrected chi connectivity index (χ1v) is 6.16. The Morgan fingerprint density at radius 1 is 1.20 bits per heavy atom. The van der Waals surface area contributed by atoms with Gasteiger partial charge in [0, 0.05) is 18.3 Å². The maximum absolute atomic E-state index is 10.6. The van der Waals surface area contributed by atoms with Crippen LogP contribution in [0.4, 0.5) is 0 Å². The van der Waals surface area contributed by atoms with Gasteiger partial charge in [0.15, 0.2) is 0 Å². The Balaban J connectivity index is 2.29. The average Bonchev–Trinajstić information content (AvgIpc) is 2.57. The van der Waals surface area contributed by atoms with Gasteiger partial charge in [-0.15, -0.1) is 0 Å². The molecule has 0 spiro atoms. The number of rotatable bonds is 3. The smallest absolute Gasteiger partial charge is 0.266 e. The molecule has 80 valence electrons. The van der Waals surface area contributed by atoms with Crippen LogP contribution in [0.5, 0.6) is 0 Å². The molecule has 0 bridgehead atoms. The quantitative estimate of drug-likeness (QED) is 0.806. The van der Waals surface area contributed by atoms with Crippen molar-refractivity contribution in [3.8, 4) is 0 Å². The molecule has 4 nitrogen and oxygen atoms in total. The lowest BCUT2D eigenvalue weighted by Gasteiger charge is -2.02. The van der Waals surface area contributed by atoms with Gasteiger partial charge in [-0.1, -0.05) is 18.2 Å². The summed E-state index contributed by atoms with van der Waals surface area (Å²) in [6.45, 7) is 0.270. The zero-order valence-corrected chi connectivity index (χ0v) is 8.81. The average molecular weight is 225 g/mol. The normalized spacial score (nSPS) is 12.1. The molecule has 1 aromatic carbocycles. The topological polar surface area (TPSA) is 59.3 Å². The highest BCUT2D eigenvalue weighted by Crippen LogP contribution is 2.14. The SMILES string of the molecule is O=S(=O)(O)CCn1ccc2ccccc21. The number of hydrogen-bond acceptors (Lipinski definition) is 2. The van der Waals surface area contributed by atoms with Crippen LogP contribution in [-0.2, 0) is 16.7 Å². The molecule has 0 aliphatic heterocycles. The molecule has 0 fully saturated rings. The van der Waals surface area contributed by atoms with Gasteiger partial charge in [-0.3, -0.25) is 4.55 Å². The van der Waals surface area contributed by atoms with Gasteiger partial charge < -0.3 is 4.57 Å². The fourth-order valence-electron chi connectivity index (χ4n) is 1.55. The van der Waals surface area contributed by atoms with Crippen LogP contribution in [0.15, 0.2) is 36.5 Å². The molecule has 15 heavy (non-hydrogen) atoms. The molecule has 0 unspecified atom stereocenters. The molecule has 1 aromatic heterocycles. The number of benzene rings is 1. The summed E-state index contributed by atoms with van der Waals surface area (Å²) < 4.78 is 31.7. The molecular formula is C10H11NO3S. The fourth-order valence-corrected chi connectivity index (χ4v) is 1.98. The second kappa shape index (κ2) is 3.67. The summed E-state index contributed by atoms with van der Waals surface area (Å²) in [5, 5.41) is 1.06. The van der Waals surface area contributed by atoms with E-state index in [1.807, 2.05) is 41.1 Å². The highest BCUT2D eigenvalue weighted by molar-refractivity contribution is 7.85. The largest absolute Gasteiger partial charge is 0.346 e. The van der Waals surface area contributed by atoms with E-state index in [1.165, 1.54) is 0 Å². The second-order valence-electron chi connectivity index (χ2n) is 3.35. The molecule has 2 aromatic rings. The monoisotopic (exact) mass is 225 g/mol. The minimum absolute atomic E-state index is 0.258. The van der Waals surface area contributed by atoms with Gasteiger partial charge in [-0.05, 0) is 17.5 Å². The van der Waals surface area contributed by atoms with E-state index in [9.17, 15) is 8.42 Å².